The highest BCUT2D eigenvalue weighted by Crippen LogP contribution is 2.32. The number of carbonyl (C=O) groups excluding carboxylic acids is 1. The fourth-order valence-electron chi connectivity index (χ4n) is 3.27. The van der Waals surface area contributed by atoms with Gasteiger partial charge in [-0.3, -0.25) is 4.79 Å². The molecule has 0 aliphatic carbocycles. The first-order valence-electron chi connectivity index (χ1n) is 6.86. The summed E-state index contributed by atoms with van der Waals surface area (Å²) in [5.74, 6) is -0.0696. The minimum absolute atomic E-state index is 0.000270. The molecule has 0 aromatic carbocycles. The molecule has 1 aromatic rings. The fourth-order valence-corrected chi connectivity index (χ4v) is 3.27. The van der Waals surface area contributed by atoms with Crippen LogP contribution in [0.5, 0.6) is 0 Å². The molecule has 2 atom stereocenters. The van der Waals surface area contributed by atoms with Gasteiger partial charge >= 0.3 is 0 Å². The van der Waals surface area contributed by atoms with Crippen molar-refractivity contribution in [3.05, 3.63) is 24.3 Å². The zero-order valence-corrected chi connectivity index (χ0v) is 10.7. The second kappa shape index (κ2) is 5.25. The number of fused-ring (bicyclic) bond motifs is 2. The molecule has 0 saturated carbocycles. The van der Waals surface area contributed by atoms with E-state index in [4.69, 9.17) is 0 Å². The number of nitrogens with zero attached hydrogens (tertiary/aromatic N) is 1. The highest BCUT2D eigenvalue weighted by molar-refractivity contribution is 5.90. The molecule has 5 heteroatoms. The molecule has 3 rings (SSSR count). The van der Waals surface area contributed by atoms with Crippen LogP contribution in [0.2, 0.25) is 0 Å². The number of pyridine rings is 1. The molecule has 0 spiro atoms. The van der Waals surface area contributed by atoms with Crippen LogP contribution in [-0.2, 0) is 4.79 Å². The number of carbonyl (C=O) groups is 1. The van der Waals surface area contributed by atoms with Crippen LogP contribution in [0.1, 0.15) is 32.1 Å². The molecule has 2 fully saturated rings. The van der Waals surface area contributed by atoms with E-state index in [1.54, 1.807) is 0 Å². The lowest BCUT2D eigenvalue weighted by atomic mass is 9.89. The van der Waals surface area contributed by atoms with Gasteiger partial charge in [0.1, 0.15) is 0 Å². The Labute approximate surface area is 111 Å². The van der Waals surface area contributed by atoms with Gasteiger partial charge < -0.3 is 10.6 Å². The van der Waals surface area contributed by atoms with Gasteiger partial charge in [0, 0.05) is 18.5 Å². The Kier molecular flexibility index (Phi) is 3.46. The Balaban J connectivity index is 1.52. The van der Waals surface area contributed by atoms with Gasteiger partial charge in [0.05, 0.1) is 11.9 Å². The van der Waals surface area contributed by atoms with Gasteiger partial charge in [0.15, 0.2) is 0 Å². The summed E-state index contributed by atoms with van der Waals surface area (Å²) >= 11 is 0. The van der Waals surface area contributed by atoms with Crippen LogP contribution < -0.4 is 10.6 Å². The van der Waals surface area contributed by atoms with Crippen molar-refractivity contribution in [3.63, 3.8) is 0 Å². The third kappa shape index (κ3) is 3.10. The molecule has 102 valence electrons. The average molecular weight is 263 g/mol. The van der Waals surface area contributed by atoms with E-state index in [1.807, 2.05) is 0 Å². The van der Waals surface area contributed by atoms with Gasteiger partial charge in [-0.15, -0.1) is 0 Å². The summed E-state index contributed by atoms with van der Waals surface area (Å²) in [6.45, 7) is 0. The molecule has 1 aromatic heterocycles. The second-order valence-electron chi connectivity index (χ2n) is 5.60. The van der Waals surface area contributed by atoms with E-state index in [2.05, 4.69) is 15.6 Å². The minimum atomic E-state index is -0.534. The van der Waals surface area contributed by atoms with E-state index >= 15 is 0 Å². The maximum absolute atomic E-state index is 12.7. The minimum Gasteiger partial charge on any atom is -0.325 e. The predicted molar refractivity (Wildman–Crippen MR) is 70.1 cm³/mol. The van der Waals surface area contributed by atoms with Crippen molar-refractivity contribution in [2.75, 3.05) is 5.32 Å². The summed E-state index contributed by atoms with van der Waals surface area (Å²) in [5, 5.41) is 6.34. The molecule has 2 bridgehead atoms. The van der Waals surface area contributed by atoms with Gasteiger partial charge in [0.25, 0.3) is 0 Å². The van der Waals surface area contributed by atoms with E-state index in [1.165, 1.54) is 31.2 Å². The molecule has 4 nitrogen and oxygen atoms in total. The number of nitrogens with one attached hydrogen (secondary N) is 2. The Morgan fingerprint density at radius 2 is 2.11 bits per heavy atom. The smallest absolute Gasteiger partial charge is 0.224 e. The number of anilines is 1. The van der Waals surface area contributed by atoms with Crippen molar-refractivity contribution in [3.8, 4) is 0 Å². The number of hydrogen-bond donors (Lipinski definition) is 2. The summed E-state index contributed by atoms with van der Waals surface area (Å²) in [6.07, 6.45) is 6.55. The van der Waals surface area contributed by atoms with Gasteiger partial charge in [-0.05, 0) is 43.7 Å². The second-order valence-corrected chi connectivity index (χ2v) is 5.60. The van der Waals surface area contributed by atoms with Crippen molar-refractivity contribution in [2.45, 2.75) is 44.2 Å². The topological polar surface area (TPSA) is 54.0 Å². The maximum atomic E-state index is 12.7. The Hall–Kier alpha value is -1.49. The third-order valence-electron chi connectivity index (χ3n) is 4.06. The monoisotopic (exact) mass is 263 g/mol. The molecule has 2 aliphatic heterocycles. The molecular weight excluding hydrogens is 245 g/mol. The Morgan fingerprint density at radius 3 is 2.74 bits per heavy atom. The van der Waals surface area contributed by atoms with Crippen LogP contribution in [0.4, 0.5) is 10.1 Å². The fraction of sp³-hybridized carbons (Fsp3) is 0.571. The summed E-state index contributed by atoms with van der Waals surface area (Å²) in [7, 11) is 0. The molecule has 3 heterocycles. The van der Waals surface area contributed by atoms with Gasteiger partial charge in [-0.2, -0.15) is 4.39 Å². The molecule has 0 radical (unpaired) electrons. The quantitative estimate of drug-likeness (QED) is 0.821. The van der Waals surface area contributed by atoms with Crippen molar-refractivity contribution in [1.29, 1.82) is 0 Å². The van der Waals surface area contributed by atoms with Crippen LogP contribution in [0.25, 0.3) is 0 Å². The molecule has 1 amide bonds. The molecule has 19 heavy (non-hydrogen) atoms. The molecule has 2 saturated heterocycles. The van der Waals surface area contributed by atoms with E-state index in [-0.39, 0.29) is 5.91 Å². The number of aromatic nitrogens is 1. The first-order valence-corrected chi connectivity index (χ1v) is 6.86. The van der Waals surface area contributed by atoms with Crippen LogP contribution in [0.3, 0.4) is 0 Å². The summed E-state index contributed by atoms with van der Waals surface area (Å²) in [6, 6.07) is 3.99. The number of amides is 1. The van der Waals surface area contributed by atoms with Crippen LogP contribution >= 0.6 is 0 Å². The first-order chi connectivity index (χ1) is 9.19. The number of piperidine rings is 1. The van der Waals surface area contributed by atoms with Crippen molar-refractivity contribution < 1.29 is 9.18 Å². The number of rotatable bonds is 3. The lowest BCUT2D eigenvalue weighted by Gasteiger charge is -2.28. The van der Waals surface area contributed by atoms with Crippen LogP contribution in [0, 0.1) is 11.9 Å². The van der Waals surface area contributed by atoms with Gasteiger partial charge in [0.2, 0.25) is 11.9 Å². The molecule has 2 unspecified atom stereocenters. The standard InChI is InChI=1S/C14H18FN3O/c15-13-4-3-12(8-16-13)18-14(19)7-9-5-10-1-2-11(6-9)17-10/h3-4,8-11,17H,1-2,5-7H2,(H,18,19). The predicted octanol–water partition coefficient (Wildman–Crippen LogP) is 2.08. The third-order valence-corrected chi connectivity index (χ3v) is 4.06. The molecule has 2 aliphatic rings. The highest BCUT2D eigenvalue weighted by Gasteiger charge is 2.34. The zero-order chi connectivity index (χ0) is 13.2. The van der Waals surface area contributed by atoms with Crippen LogP contribution in [-0.4, -0.2) is 23.0 Å². The average Bonchev–Trinajstić information content (AvgIpc) is 2.72. The number of halogens is 1. The number of hydrogen-bond acceptors (Lipinski definition) is 3. The largest absolute Gasteiger partial charge is 0.325 e. The molecule has 2 N–H and O–H groups in total. The summed E-state index contributed by atoms with van der Waals surface area (Å²) < 4.78 is 12.7. The lowest BCUT2D eigenvalue weighted by molar-refractivity contribution is -0.117. The van der Waals surface area contributed by atoms with E-state index in [0.717, 1.165) is 12.8 Å². The highest BCUT2D eigenvalue weighted by atomic mass is 19.1. The van der Waals surface area contributed by atoms with E-state index in [0.29, 0.717) is 30.1 Å². The van der Waals surface area contributed by atoms with Crippen molar-refractivity contribution in [1.82, 2.24) is 10.3 Å². The van der Waals surface area contributed by atoms with E-state index < -0.39 is 5.95 Å². The normalized spacial score (nSPS) is 29.2. The van der Waals surface area contributed by atoms with E-state index in [9.17, 15) is 9.18 Å². The zero-order valence-electron chi connectivity index (χ0n) is 10.7. The van der Waals surface area contributed by atoms with Gasteiger partial charge in [-0.25, -0.2) is 4.98 Å². The summed E-state index contributed by atoms with van der Waals surface area (Å²) in [4.78, 5) is 15.5. The van der Waals surface area contributed by atoms with Crippen molar-refractivity contribution in [2.24, 2.45) is 5.92 Å². The SMILES string of the molecule is O=C(CC1CC2CCC(C1)N2)Nc1ccc(F)nc1. The lowest BCUT2D eigenvalue weighted by Crippen LogP contribution is -2.39. The summed E-state index contributed by atoms with van der Waals surface area (Å²) in [5.41, 5.74) is 0.559. The van der Waals surface area contributed by atoms with Crippen molar-refractivity contribution >= 4 is 11.6 Å². The first kappa shape index (κ1) is 12.5. The van der Waals surface area contributed by atoms with Gasteiger partial charge in [-0.1, -0.05) is 0 Å². The maximum Gasteiger partial charge on any atom is 0.224 e. The van der Waals surface area contributed by atoms with Crippen LogP contribution in [0.15, 0.2) is 18.3 Å². The Bertz CT molecular complexity index is 450. The molecular formula is C14H18FN3O. The Morgan fingerprint density at radius 1 is 1.37 bits per heavy atom.